The number of nitrogens with zero attached hydrogens (tertiary/aromatic N) is 3. The highest BCUT2D eigenvalue weighted by Crippen LogP contribution is 2.64. The predicted octanol–water partition coefficient (Wildman–Crippen LogP) is 3.28. The molecule has 0 radical (unpaired) electrons. The summed E-state index contributed by atoms with van der Waals surface area (Å²) in [7, 11) is 3.29. The van der Waals surface area contributed by atoms with E-state index in [1.165, 1.54) is 14.0 Å². The molecule has 1 unspecified atom stereocenters. The molecule has 2 fully saturated rings. The molecule has 2 aromatic carbocycles. The van der Waals surface area contributed by atoms with Crippen molar-refractivity contribution in [1.82, 2.24) is 15.1 Å². The summed E-state index contributed by atoms with van der Waals surface area (Å²) in [6.07, 6.45) is -4.88. The van der Waals surface area contributed by atoms with Gasteiger partial charge in [0.1, 0.15) is 24.4 Å². The Bertz CT molecular complexity index is 1870. The molecule has 2 saturated heterocycles. The second kappa shape index (κ2) is 12.1. The van der Waals surface area contributed by atoms with Gasteiger partial charge in [-0.1, -0.05) is 6.07 Å². The standard InChI is InChI=1S/C33H33F3N4O9S/c1-12-6-15-7-17-18(8-37)40-19-9-46-31(43)16(38-32(44)33(34,35)36)10-50-30(24(40)23(39(17)4)20(15)25(42)26(12)45-5)22-21(19)29-28(47-11-48-29)13(2)27(22)49-14(3)41/h6,16-19,23-24,30,42H,7,9-11H2,1-5H3,(H,38,44)/t16-,17-,18-,19-,23+,24?,30+/m0/s1. The van der Waals surface area contributed by atoms with E-state index in [-0.39, 0.29) is 29.8 Å². The summed E-state index contributed by atoms with van der Waals surface area (Å²) >= 11 is 1.04. The third-order valence-electron chi connectivity index (χ3n) is 10.2. The van der Waals surface area contributed by atoms with Gasteiger partial charge in [-0.2, -0.15) is 18.4 Å². The zero-order valence-electron chi connectivity index (χ0n) is 27.5. The van der Waals surface area contributed by atoms with E-state index in [2.05, 4.69) is 6.07 Å². The molecule has 2 N–H and O–H groups in total. The number of methoxy groups -OCH3 is 1. The summed E-state index contributed by atoms with van der Waals surface area (Å²) in [5.74, 6) is -3.50. The number of aryl methyl sites for hydroxylation is 1. The highest BCUT2D eigenvalue weighted by molar-refractivity contribution is 7.99. The van der Waals surface area contributed by atoms with E-state index in [4.69, 9.17) is 23.7 Å². The van der Waals surface area contributed by atoms with Crippen LogP contribution in [-0.2, 0) is 25.5 Å². The molecule has 17 heteroatoms. The first-order valence-corrected chi connectivity index (χ1v) is 16.8. The van der Waals surface area contributed by atoms with Crippen LogP contribution < -0.4 is 24.3 Å². The first-order chi connectivity index (χ1) is 23.7. The summed E-state index contributed by atoms with van der Waals surface area (Å²) in [6, 6.07) is -0.897. The number of amides is 1. The number of piperazine rings is 1. The lowest BCUT2D eigenvalue weighted by Crippen LogP contribution is -2.69. The Morgan fingerprint density at radius 3 is 2.52 bits per heavy atom. The van der Waals surface area contributed by atoms with Crippen molar-refractivity contribution in [2.24, 2.45) is 0 Å². The number of halogens is 3. The Balaban J connectivity index is 1.51. The van der Waals surface area contributed by atoms with Crippen molar-refractivity contribution >= 4 is 29.6 Å². The smallest absolute Gasteiger partial charge is 0.471 e. The van der Waals surface area contributed by atoms with Gasteiger partial charge in [0, 0.05) is 47.0 Å². The summed E-state index contributed by atoms with van der Waals surface area (Å²) in [5.41, 5.74) is 3.38. The van der Waals surface area contributed by atoms with Crippen LogP contribution in [0.2, 0.25) is 0 Å². The average Bonchev–Trinajstić information content (AvgIpc) is 3.54. The number of carbonyl (C=O) groups excluding carboxylic acids is 3. The summed E-state index contributed by atoms with van der Waals surface area (Å²) in [5, 5.41) is 23.6. The van der Waals surface area contributed by atoms with Gasteiger partial charge in [0.2, 0.25) is 6.79 Å². The number of hydrogen-bond acceptors (Lipinski definition) is 13. The van der Waals surface area contributed by atoms with Crippen molar-refractivity contribution in [3.05, 3.63) is 39.4 Å². The first-order valence-electron chi connectivity index (χ1n) is 15.8. The second-order valence-electron chi connectivity index (χ2n) is 12.9. The predicted molar refractivity (Wildman–Crippen MR) is 168 cm³/mol. The van der Waals surface area contributed by atoms with Crippen LogP contribution in [0.1, 0.15) is 57.6 Å². The molecule has 4 bridgehead atoms. The van der Waals surface area contributed by atoms with Crippen molar-refractivity contribution in [1.29, 1.82) is 5.26 Å². The zero-order chi connectivity index (χ0) is 36.0. The molecule has 0 aromatic heterocycles. The number of phenols is 1. The highest BCUT2D eigenvalue weighted by atomic mass is 32.2. The number of aromatic hydroxyl groups is 1. The number of rotatable bonds is 3. The second-order valence-corrected chi connectivity index (χ2v) is 14.1. The van der Waals surface area contributed by atoms with E-state index in [1.54, 1.807) is 19.2 Å². The number of benzene rings is 2. The number of carbonyl (C=O) groups is 3. The summed E-state index contributed by atoms with van der Waals surface area (Å²) < 4.78 is 69.2. The third-order valence-corrected chi connectivity index (χ3v) is 11.6. The van der Waals surface area contributed by atoms with Gasteiger partial charge in [-0.25, -0.2) is 4.79 Å². The van der Waals surface area contributed by atoms with Crippen molar-refractivity contribution in [3.8, 4) is 34.8 Å². The minimum absolute atomic E-state index is 0.0878. The van der Waals surface area contributed by atoms with Gasteiger partial charge in [-0.05, 0) is 38.4 Å². The van der Waals surface area contributed by atoms with E-state index in [1.807, 2.05) is 22.9 Å². The Morgan fingerprint density at radius 2 is 1.86 bits per heavy atom. The van der Waals surface area contributed by atoms with E-state index >= 15 is 0 Å². The number of nitrogens with one attached hydrogen (secondary N) is 1. The summed E-state index contributed by atoms with van der Waals surface area (Å²) in [6.45, 7) is 4.09. The monoisotopic (exact) mass is 718 g/mol. The Hall–Kier alpha value is -4.40. The van der Waals surface area contributed by atoms with Gasteiger partial charge in [-0.3, -0.25) is 19.4 Å². The lowest BCUT2D eigenvalue weighted by Gasteiger charge is -2.61. The fourth-order valence-corrected chi connectivity index (χ4v) is 9.81. The number of thioether (sulfide) groups is 1. The van der Waals surface area contributed by atoms with Crippen LogP contribution in [-0.4, -0.2) is 96.4 Å². The van der Waals surface area contributed by atoms with Crippen LogP contribution >= 0.6 is 11.8 Å². The maximum Gasteiger partial charge on any atom is 0.471 e. The van der Waals surface area contributed by atoms with Crippen molar-refractivity contribution in [2.75, 3.05) is 33.3 Å². The fraction of sp³-hybridized carbons (Fsp3) is 0.515. The number of hydrogen-bond donors (Lipinski definition) is 2. The lowest BCUT2D eigenvalue weighted by molar-refractivity contribution is -0.176. The molecule has 5 aliphatic heterocycles. The average molecular weight is 719 g/mol. The zero-order valence-corrected chi connectivity index (χ0v) is 28.4. The molecule has 50 heavy (non-hydrogen) atoms. The minimum atomic E-state index is -5.26. The van der Waals surface area contributed by atoms with E-state index < -0.39 is 72.1 Å². The Morgan fingerprint density at radius 1 is 1.14 bits per heavy atom. The lowest BCUT2D eigenvalue weighted by atomic mass is 9.71. The highest BCUT2D eigenvalue weighted by Gasteiger charge is 2.61. The minimum Gasteiger partial charge on any atom is -0.504 e. The van der Waals surface area contributed by atoms with Gasteiger partial charge in [-0.15, -0.1) is 11.8 Å². The summed E-state index contributed by atoms with van der Waals surface area (Å²) in [4.78, 5) is 42.0. The number of esters is 2. The molecule has 5 aliphatic rings. The molecule has 7 atom stereocenters. The molecule has 0 spiro atoms. The third kappa shape index (κ3) is 5.02. The van der Waals surface area contributed by atoms with Crippen LogP contribution in [0.4, 0.5) is 13.2 Å². The number of nitriles is 1. The molecule has 1 amide bonds. The van der Waals surface area contributed by atoms with Gasteiger partial charge >= 0.3 is 24.0 Å². The van der Waals surface area contributed by atoms with Crippen molar-refractivity contribution in [3.63, 3.8) is 0 Å². The maximum atomic E-state index is 13.4. The number of fused-ring (bicyclic) bond motifs is 9. The molecule has 13 nitrogen and oxygen atoms in total. The molecular formula is C33H33F3N4O9S. The maximum absolute atomic E-state index is 13.4. The quantitative estimate of drug-likeness (QED) is 0.352. The molecule has 7 rings (SSSR count). The Labute approximate surface area is 288 Å². The first kappa shape index (κ1) is 34.1. The number of phenolic OH excluding ortho intramolecular Hbond substituents is 1. The SMILES string of the molecule is COc1c(C)cc2c(c1O)[C@@H]1C3[C@@H]4SC[C@H](NC(=O)C(F)(F)F)C(=O)OC[C@@H](c5c6c(c(C)c(OC(C)=O)c54)OCO6)N3[C@@H](C#N)[C@H](C2)N1C. The molecule has 266 valence electrons. The number of alkyl halides is 3. The topological polar surface area (TPSA) is 160 Å². The fourth-order valence-electron chi connectivity index (χ4n) is 8.31. The molecule has 0 aliphatic carbocycles. The number of ether oxygens (including phenoxy) is 5. The van der Waals surface area contributed by atoms with Gasteiger partial charge in [0.25, 0.3) is 0 Å². The number of cyclic esters (lactones) is 1. The van der Waals surface area contributed by atoms with Crippen LogP contribution in [0.25, 0.3) is 0 Å². The largest absolute Gasteiger partial charge is 0.504 e. The molecule has 5 heterocycles. The van der Waals surface area contributed by atoms with Crippen LogP contribution in [0.3, 0.4) is 0 Å². The van der Waals surface area contributed by atoms with Crippen LogP contribution in [0, 0.1) is 25.2 Å². The van der Waals surface area contributed by atoms with Gasteiger partial charge < -0.3 is 34.1 Å². The van der Waals surface area contributed by atoms with Crippen molar-refractivity contribution in [2.45, 2.75) is 74.9 Å². The van der Waals surface area contributed by atoms with Gasteiger partial charge in [0.05, 0.1) is 30.5 Å². The molecular weight excluding hydrogens is 685 g/mol. The molecule has 0 saturated carbocycles. The normalized spacial score (nSPS) is 28.4. The van der Waals surface area contributed by atoms with E-state index in [0.717, 1.165) is 17.3 Å². The van der Waals surface area contributed by atoms with Crippen LogP contribution in [0.15, 0.2) is 6.07 Å². The van der Waals surface area contributed by atoms with E-state index in [0.29, 0.717) is 45.7 Å². The van der Waals surface area contributed by atoms with Crippen molar-refractivity contribution < 1.29 is 56.3 Å². The molecule has 2 aromatic rings. The Kier molecular flexibility index (Phi) is 8.27. The van der Waals surface area contributed by atoms with Crippen LogP contribution in [0.5, 0.6) is 28.7 Å². The van der Waals surface area contributed by atoms with Gasteiger partial charge in [0.15, 0.2) is 23.0 Å². The van der Waals surface area contributed by atoms with E-state index in [9.17, 15) is 37.9 Å². The number of likely N-dealkylation sites (N-methyl/N-ethyl adjacent to an activating group) is 1.